The molecular weight excluding hydrogens is 228 g/mol. The van der Waals surface area contributed by atoms with Crippen LogP contribution in [0, 0.1) is 0 Å². The second-order valence-electron chi connectivity index (χ2n) is 4.47. The summed E-state index contributed by atoms with van der Waals surface area (Å²) in [5, 5.41) is 3.50. The minimum atomic E-state index is -2.98. The summed E-state index contributed by atoms with van der Waals surface area (Å²) >= 11 is 0. The van der Waals surface area contributed by atoms with Crippen LogP contribution < -0.4 is 5.32 Å². The van der Waals surface area contributed by atoms with Crippen molar-refractivity contribution in [3.05, 3.63) is 0 Å². The molecule has 94 valence electrons. The van der Waals surface area contributed by atoms with Gasteiger partial charge in [0, 0.05) is 19.1 Å². The van der Waals surface area contributed by atoms with Crippen LogP contribution in [0.2, 0.25) is 0 Å². The fourth-order valence-corrected chi connectivity index (χ4v) is 3.28. The van der Waals surface area contributed by atoms with Gasteiger partial charge in [-0.1, -0.05) is 0 Å². The topological polar surface area (TPSA) is 58.6 Å². The van der Waals surface area contributed by atoms with Gasteiger partial charge >= 0.3 is 0 Å². The van der Waals surface area contributed by atoms with Crippen LogP contribution in [0.5, 0.6) is 0 Å². The lowest BCUT2D eigenvalue weighted by Gasteiger charge is -2.36. The van der Waals surface area contributed by atoms with Crippen molar-refractivity contribution in [3.63, 3.8) is 0 Å². The molecule has 5 nitrogen and oxygen atoms in total. The third kappa shape index (κ3) is 2.74. The van der Waals surface area contributed by atoms with Gasteiger partial charge in [-0.3, -0.25) is 0 Å². The van der Waals surface area contributed by atoms with E-state index in [4.69, 9.17) is 4.74 Å². The van der Waals surface area contributed by atoms with Gasteiger partial charge in [0.2, 0.25) is 10.0 Å². The molecule has 2 saturated heterocycles. The lowest BCUT2D eigenvalue weighted by Crippen LogP contribution is -2.54. The highest BCUT2D eigenvalue weighted by Crippen LogP contribution is 2.16. The van der Waals surface area contributed by atoms with Crippen molar-refractivity contribution in [2.24, 2.45) is 0 Å². The van der Waals surface area contributed by atoms with E-state index in [1.807, 2.05) is 0 Å². The molecule has 0 unspecified atom stereocenters. The Morgan fingerprint density at radius 2 is 1.88 bits per heavy atom. The van der Waals surface area contributed by atoms with Crippen LogP contribution in [-0.2, 0) is 14.8 Å². The standard InChI is InChI=1S/C10H20N2O3S/c1-2-16(13,14)12-5-3-9(4-6-12)11-10-7-15-8-10/h9-11H,2-8H2,1H3. The summed E-state index contributed by atoms with van der Waals surface area (Å²) in [6.07, 6.45) is 1.82. The monoisotopic (exact) mass is 248 g/mol. The highest BCUT2D eigenvalue weighted by Gasteiger charge is 2.29. The normalized spacial score (nSPS) is 25.6. The molecule has 0 bridgehead atoms. The van der Waals surface area contributed by atoms with E-state index < -0.39 is 10.0 Å². The van der Waals surface area contributed by atoms with Gasteiger partial charge < -0.3 is 10.1 Å². The Kier molecular flexibility index (Phi) is 3.84. The van der Waals surface area contributed by atoms with Crippen molar-refractivity contribution in [1.29, 1.82) is 0 Å². The van der Waals surface area contributed by atoms with Gasteiger partial charge in [0.1, 0.15) is 0 Å². The molecule has 16 heavy (non-hydrogen) atoms. The van der Waals surface area contributed by atoms with Crippen molar-refractivity contribution >= 4 is 10.0 Å². The van der Waals surface area contributed by atoms with E-state index in [0.717, 1.165) is 26.1 Å². The molecule has 6 heteroatoms. The van der Waals surface area contributed by atoms with Gasteiger partial charge in [-0.15, -0.1) is 0 Å². The second kappa shape index (κ2) is 5.00. The summed E-state index contributed by atoms with van der Waals surface area (Å²) in [4.78, 5) is 0. The Morgan fingerprint density at radius 3 is 2.31 bits per heavy atom. The number of sulfonamides is 1. The van der Waals surface area contributed by atoms with E-state index in [0.29, 0.717) is 25.2 Å². The molecule has 0 aromatic heterocycles. The minimum absolute atomic E-state index is 0.210. The van der Waals surface area contributed by atoms with E-state index in [1.165, 1.54) is 0 Å². The maximum Gasteiger partial charge on any atom is 0.213 e. The summed E-state index contributed by atoms with van der Waals surface area (Å²) in [6, 6.07) is 0.941. The molecule has 0 aliphatic carbocycles. The van der Waals surface area contributed by atoms with Gasteiger partial charge in [-0.2, -0.15) is 0 Å². The largest absolute Gasteiger partial charge is 0.378 e. The van der Waals surface area contributed by atoms with Gasteiger partial charge in [0.05, 0.1) is 25.0 Å². The smallest absolute Gasteiger partial charge is 0.213 e. The van der Waals surface area contributed by atoms with Crippen molar-refractivity contribution in [1.82, 2.24) is 9.62 Å². The summed E-state index contributed by atoms with van der Waals surface area (Å²) < 4.78 is 30.0. The Labute approximate surface area is 97.2 Å². The first kappa shape index (κ1) is 12.3. The zero-order valence-electron chi connectivity index (χ0n) is 9.68. The van der Waals surface area contributed by atoms with Crippen molar-refractivity contribution in [2.75, 3.05) is 32.1 Å². The van der Waals surface area contributed by atoms with E-state index in [-0.39, 0.29) is 5.75 Å². The molecule has 2 rings (SSSR count). The third-order valence-corrected chi connectivity index (χ3v) is 5.20. The number of ether oxygens (including phenoxy) is 1. The Hall–Kier alpha value is -0.170. The first-order chi connectivity index (χ1) is 7.62. The number of hydrogen-bond donors (Lipinski definition) is 1. The number of nitrogens with one attached hydrogen (secondary N) is 1. The van der Waals surface area contributed by atoms with Gasteiger partial charge in [0.25, 0.3) is 0 Å². The van der Waals surface area contributed by atoms with Crippen LogP contribution in [0.4, 0.5) is 0 Å². The number of nitrogens with zero attached hydrogens (tertiary/aromatic N) is 1. The van der Waals surface area contributed by atoms with Crippen LogP contribution in [0.3, 0.4) is 0 Å². The quantitative estimate of drug-likeness (QED) is 0.748. The van der Waals surface area contributed by atoms with E-state index >= 15 is 0 Å². The lowest BCUT2D eigenvalue weighted by molar-refractivity contribution is -0.0124. The van der Waals surface area contributed by atoms with Crippen LogP contribution >= 0.6 is 0 Å². The molecule has 0 saturated carbocycles. The average Bonchev–Trinajstić information content (AvgIpc) is 2.24. The zero-order chi connectivity index (χ0) is 11.6. The summed E-state index contributed by atoms with van der Waals surface area (Å²) in [6.45, 7) is 4.61. The molecule has 0 spiro atoms. The van der Waals surface area contributed by atoms with Crippen LogP contribution in [0.15, 0.2) is 0 Å². The predicted molar refractivity (Wildman–Crippen MR) is 61.8 cm³/mol. The average molecular weight is 248 g/mol. The Balaban J connectivity index is 1.77. The first-order valence-electron chi connectivity index (χ1n) is 5.93. The predicted octanol–water partition coefficient (Wildman–Crippen LogP) is -0.211. The highest BCUT2D eigenvalue weighted by atomic mass is 32.2. The van der Waals surface area contributed by atoms with E-state index in [9.17, 15) is 8.42 Å². The van der Waals surface area contributed by atoms with Gasteiger partial charge in [-0.05, 0) is 19.8 Å². The van der Waals surface area contributed by atoms with Gasteiger partial charge in [-0.25, -0.2) is 12.7 Å². The van der Waals surface area contributed by atoms with Crippen LogP contribution in [0.25, 0.3) is 0 Å². The SMILES string of the molecule is CCS(=O)(=O)N1CCC(NC2COC2)CC1. The molecule has 1 N–H and O–H groups in total. The van der Waals surface area contributed by atoms with Crippen molar-refractivity contribution in [3.8, 4) is 0 Å². The molecular formula is C10H20N2O3S. The zero-order valence-corrected chi connectivity index (χ0v) is 10.5. The van der Waals surface area contributed by atoms with Crippen molar-refractivity contribution < 1.29 is 13.2 Å². The number of rotatable bonds is 4. The molecule has 0 aromatic rings. The summed E-state index contributed by atoms with van der Waals surface area (Å²) in [5.41, 5.74) is 0. The fourth-order valence-electron chi connectivity index (χ4n) is 2.15. The summed E-state index contributed by atoms with van der Waals surface area (Å²) in [7, 11) is -2.98. The number of hydrogen-bond acceptors (Lipinski definition) is 4. The third-order valence-electron chi connectivity index (χ3n) is 3.32. The maximum absolute atomic E-state index is 11.6. The molecule has 2 heterocycles. The molecule has 0 amide bonds. The summed E-state index contributed by atoms with van der Waals surface area (Å²) in [5.74, 6) is 0.210. The molecule has 2 aliphatic rings. The van der Waals surface area contributed by atoms with E-state index in [2.05, 4.69) is 5.32 Å². The Morgan fingerprint density at radius 1 is 1.25 bits per heavy atom. The van der Waals surface area contributed by atoms with Crippen LogP contribution in [-0.4, -0.2) is 56.9 Å². The maximum atomic E-state index is 11.6. The first-order valence-corrected chi connectivity index (χ1v) is 7.54. The molecule has 0 aromatic carbocycles. The fraction of sp³-hybridized carbons (Fsp3) is 1.00. The van der Waals surface area contributed by atoms with Gasteiger partial charge in [0.15, 0.2) is 0 Å². The van der Waals surface area contributed by atoms with Crippen molar-refractivity contribution in [2.45, 2.75) is 31.8 Å². The molecule has 0 radical (unpaired) electrons. The second-order valence-corrected chi connectivity index (χ2v) is 6.73. The highest BCUT2D eigenvalue weighted by molar-refractivity contribution is 7.89. The lowest BCUT2D eigenvalue weighted by atomic mass is 10.1. The molecule has 0 atom stereocenters. The Bertz CT molecular complexity index is 319. The molecule has 2 aliphatic heterocycles. The van der Waals surface area contributed by atoms with E-state index in [1.54, 1.807) is 11.2 Å². The molecule has 2 fully saturated rings. The number of piperidine rings is 1. The van der Waals surface area contributed by atoms with Crippen LogP contribution in [0.1, 0.15) is 19.8 Å². The minimum Gasteiger partial charge on any atom is -0.378 e.